The molecular formula is C12H26N2O3. The van der Waals surface area contributed by atoms with Gasteiger partial charge in [-0.15, -0.1) is 0 Å². The van der Waals surface area contributed by atoms with Crippen LogP contribution in [0.25, 0.3) is 0 Å². The molecule has 0 aromatic rings. The first-order valence-corrected chi connectivity index (χ1v) is 6.17. The van der Waals surface area contributed by atoms with Crippen molar-refractivity contribution in [3.05, 3.63) is 0 Å². The van der Waals surface area contributed by atoms with Crippen LogP contribution in [0.15, 0.2) is 0 Å². The number of hydrogen-bond acceptors (Lipinski definition) is 4. The summed E-state index contributed by atoms with van der Waals surface area (Å²) >= 11 is 0. The van der Waals surface area contributed by atoms with Crippen LogP contribution >= 0.6 is 0 Å². The number of aliphatic hydroxyl groups excluding tert-OH is 1. The van der Waals surface area contributed by atoms with Gasteiger partial charge in [-0.3, -0.25) is 9.69 Å². The van der Waals surface area contributed by atoms with Crippen LogP contribution in [0.1, 0.15) is 27.2 Å². The lowest BCUT2D eigenvalue weighted by Crippen LogP contribution is -2.49. The first-order chi connectivity index (χ1) is 8.04. The van der Waals surface area contributed by atoms with Crippen molar-refractivity contribution in [2.45, 2.75) is 39.3 Å². The van der Waals surface area contributed by atoms with Gasteiger partial charge in [0.15, 0.2) is 0 Å². The lowest BCUT2D eigenvalue weighted by molar-refractivity contribution is -0.126. The van der Waals surface area contributed by atoms with Crippen molar-refractivity contribution in [2.75, 3.05) is 33.4 Å². The third-order valence-electron chi connectivity index (χ3n) is 2.72. The Labute approximate surface area is 104 Å². The zero-order valence-corrected chi connectivity index (χ0v) is 11.4. The van der Waals surface area contributed by atoms with Gasteiger partial charge >= 0.3 is 0 Å². The van der Waals surface area contributed by atoms with Crippen molar-refractivity contribution >= 4 is 5.91 Å². The molecule has 0 aliphatic rings. The molecule has 2 N–H and O–H groups in total. The summed E-state index contributed by atoms with van der Waals surface area (Å²) in [5.41, 5.74) is 0. The van der Waals surface area contributed by atoms with Crippen LogP contribution < -0.4 is 5.32 Å². The number of carbonyl (C=O) groups excluding carboxylic acids is 1. The molecule has 1 unspecified atom stereocenters. The summed E-state index contributed by atoms with van der Waals surface area (Å²) in [6, 6.07) is 0.0200. The first kappa shape index (κ1) is 16.4. The normalized spacial score (nSPS) is 13.1. The van der Waals surface area contributed by atoms with Gasteiger partial charge in [0.05, 0.1) is 12.6 Å². The molecule has 0 radical (unpaired) electrons. The van der Waals surface area contributed by atoms with E-state index in [2.05, 4.69) is 5.32 Å². The van der Waals surface area contributed by atoms with Gasteiger partial charge < -0.3 is 15.2 Å². The predicted molar refractivity (Wildman–Crippen MR) is 67.9 cm³/mol. The number of aliphatic hydroxyl groups is 1. The number of ether oxygens (including phenoxy) is 1. The molecule has 17 heavy (non-hydrogen) atoms. The Morgan fingerprint density at radius 1 is 1.41 bits per heavy atom. The summed E-state index contributed by atoms with van der Waals surface area (Å²) in [5.74, 6) is 0.00301. The molecule has 0 aliphatic heterocycles. The molecule has 0 spiro atoms. The molecule has 5 nitrogen and oxygen atoms in total. The summed E-state index contributed by atoms with van der Waals surface area (Å²) in [6.45, 7) is 7.76. The minimum Gasteiger partial charge on any atom is -0.395 e. The Morgan fingerprint density at radius 3 is 2.53 bits per heavy atom. The number of nitrogens with one attached hydrogen (secondary N) is 1. The van der Waals surface area contributed by atoms with E-state index in [-0.39, 0.29) is 24.6 Å². The van der Waals surface area contributed by atoms with Crippen LogP contribution in [0.5, 0.6) is 0 Å². The predicted octanol–water partition coefficient (Wildman–Crippen LogP) is 0.230. The number of hydrogen-bond donors (Lipinski definition) is 2. The minimum atomic E-state index is -0.218. The minimum absolute atomic E-state index is 0.00301. The van der Waals surface area contributed by atoms with Crippen molar-refractivity contribution in [1.82, 2.24) is 10.2 Å². The quantitative estimate of drug-likeness (QED) is 0.572. The van der Waals surface area contributed by atoms with Crippen LogP contribution in [0.3, 0.4) is 0 Å². The van der Waals surface area contributed by atoms with Crippen LogP contribution in [0, 0.1) is 0 Å². The summed E-state index contributed by atoms with van der Waals surface area (Å²) < 4.78 is 4.91. The molecule has 5 heteroatoms. The van der Waals surface area contributed by atoms with E-state index in [0.29, 0.717) is 19.7 Å². The van der Waals surface area contributed by atoms with Crippen molar-refractivity contribution in [3.63, 3.8) is 0 Å². The van der Waals surface area contributed by atoms with Gasteiger partial charge in [-0.1, -0.05) is 0 Å². The number of nitrogens with zero attached hydrogens (tertiary/aromatic N) is 1. The van der Waals surface area contributed by atoms with Gasteiger partial charge in [0.1, 0.15) is 0 Å². The van der Waals surface area contributed by atoms with E-state index in [4.69, 9.17) is 9.84 Å². The van der Waals surface area contributed by atoms with Crippen LogP contribution in [0.2, 0.25) is 0 Å². The molecule has 0 aliphatic carbocycles. The van der Waals surface area contributed by atoms with Crippen molar-refractivity contribution in [2.24, 2.45) is 0 Å². The van der Waals surface area contributed by atoms with Gasteiger partial charge in [-0.05, 0) is 27.2 Å². The fraction of sp³-hybridized carbons (Fsp3) is 0.917. The van der Waals surface area contributed by atoms with Crippen molar-refractivity contribution in [1.29, 1.82) is 0 Å². The zero-order valence-electron chi connectivity index (χ0n) is 11.4. The van der Waals surface area contributed by atoms with Crippen molar-refractivity contribution in [3.8, 4) is 0 Å². The van der Waals surface area contributed by atoms with E-state index in [9.17, 15) is 4.79 Å². The van der Waals surface area contributed by atoms with E-state index in [1.807, 2.05) is 25.7 Å². The van der Waals surface area contributed by atoms with Gasteiger partial charge in [-0.2, -0.15) is 0 Å². The molecule has 0 aromatic carbocycles. The second-order valence-electron chi connectivity index (χ2n) is 4.37. The number of carbonyl (C=O) groups is 1. The molecule has 0 saturated heterocycles. The van der Waals surface area contributed by atoms with E-state index in [1.54, 1.807) is 7.11 Å². The fourth-order valence-corrected chi connectivity index (χ4v) is 1.74. The summed E-state index contributed by atoms with van der Waals surface area (Å²) in [7, 11) is 1.65. The topological polar surface area (TPSA) is 61.8 Å². The number of amides is 1. The van der Waals surface area contributed by atoms with E-state index >= 15 is 0 Å². The van der Waals surface area contributed by atoms with E-state index in [0.717, 1.165) is 6.42 Å². The Hall–Kier alpha value is -0.650. The number of rotatable bonds is 9. The lowest BCUT2D eigenvalue weighted by Gasteiger charge is -2.31. The lowest BCUT2D eigenvalue weighted by atomic mass is 10.2. The summed E-state index contributed by atoms with van der Waals surface area (Å²) in [6.07, 6.45) is 0.816. The molecule has 0 bridgehead atoms. The highest BCUT2D eigenvalue weighted by Gasteiger charge is 2.22. The van der Waals surface area contributed by atoms with Gasteiger partial charge in [0.2, 0.25) is 5.91 Å². The van der Waals surface area contributed by atoms with Crippen LogP contribution in [-0.2, 0) is 9.53 Å². The second-order valence-corrected chi connectivity index (χ2v) is 4.37. The van der Waals surface area contributed by atoms with E-state index in [1.165, 1.54) is 0 Å². The maximum absolute atomic E-state index is 11.9. The Morgan fingerprint density at radius 2 is 2.06 bits per heavy atom. The van der Waals surface area contributed by atoms with Gasteiger partial charge in [-0.25, -0.2) is 0 Å². The Balaban J connectivity index is 4.06. The standard InChI is InChI=1S/C12H26N2O3/c1-10(2)14(7-8-15)11(3)12(16)13-6-5-9-17-4/h10-11,15H,5-9H2,1-4H3,(H,13,16). The second kappa shape index (κ2) is 9.39. The third kappa shape index (κ3) is 6.61. The Bertz CT molecular complexity index is 210. The molecule has 102 valence electrons. The Kier molecular flexibility index (Phi) is 9.03. The maximum Gasteiger partial charge on any atom is 0.237 e. The fourth-order valence-electron chi connectivity index (χ4n) is 1.74. The van der Waals surface area contributed by atoms with Gasteiger partial charge in [0, 0.05) is 32.8 Å². The largest absolute Gasteiger partial charge is 0.395 e. The van der Waals surface area contributed by atoms with Crippen LogP contribution in [-0.4, -0.2) is 61.4 Å². The van der Waals surface area contributed by atoms with Gasteiger partial charge in [0.25, 0.3) is 0 Å². The number of methoxy groups -OCH3 is 1. The summed E-state index contributed by atoms with van der Waals surface area (Å²) in [5, 5.41) is 11.8. The molecule has 0 heterocycles. The zero-order chi connectivity index (χ0) is 13.3. The molecule has 0 aromatic heterocycles. The average Bonchev–Trinajstić information content (AvgIpc) is 2.30. The molecule has 0 fully saturated rings. The molecule has 0 saturated carbocycles. The highest BCUT2D eigenvalue weighted by molar-refractivity contribution is 5.81. The third-order valence-corrected chi connectivity index (χ3v) is 2.72. The first-order valence-electron chi connectivity index (χ1n) is 6.17. The SMILES string of the molecule is COCCCNC(=O)C(C)N(CCO)C(C)C. The summed E-state index contributed by atoms with van der Waals surface area (Å²) in [4.78, 5) is 13.8. The molecule has 1 amide bonds. The smallest absolute Gasteiger partial charge is 0.237 e. The van der Waals surface area contributed by atoms with Crippen LogP contribution in [0.4, 0.5) is 0 Å². The maximum atomic E-state index is 11.9. The van der Waals surface area contributed by atoms with Crippen molar-refractivity contribution < 1.29 is 14.6 Å². The molecule has 1 atom stereocenters. The molecular weight excluding hydrogens is 220 g/mol. The molecule has 0 rings (SSSR count). The van der Waals surface area contributed by atoms with E-state index < -0.39 is 0 Å². The highest BCUT2D eigenvalue weighted by Crippen LogP contribution is 2.04. The highest BCUT2D eigenvalue weighted by atomic mass is 16.5. The average molecular weight is 246 g/mol. The monoisotopic (exact) mass is 246 g/mol.